The van der Waals surface area contributed by atoms with Crippen LogP contribution >= 0.6 is 0 Å². The number of nitro groups is 1. The van der Waals surface area contributed by atoms with E-state index in [9.17, 15) is 25.0 Å². The van der Waals surface area contributed by atoms with Crippen molar-refractivity contribution in [1.29, 1.82) is 5.26 Å². The fourth-order valence-corrected chi connectivity index (χ4v) is 3.23. The first-order valence-corrected chi connectivity index (χ1v) is 8.44. The second-order valence-electron chi connectivity index (χ2n) is 6.46. The Balaban J connectivity index is 2.17. The third-order valence-electron chi connectivity index (χ3n) is 4.84. The van der Waals surface area contributed by atoms with Gasteiger partial charge in [0.2, 0.25) is 0 Å². The van der Waals surface area contributed by atoms with Gasteiger partial charge in [-0.05, 0) is 25.8 Å². The summed E-state index contributed by atoms with van der Waals surface area (Å²) >= 11 is 0. The van der Waals surface area contributed by atoms with Crippen LogP contribution in [0.25, 0.3) is 0 Å². The first-order valence-electron chi connectivity index (χ1n) is 8.44. The lowest BCUT2D eigenvalue weighted by molar-refractivity contribution is -0.384. The summed E-state index contributed by atoms with van der Waals surface area (Å²) in [4.78, 5) is 35.6. The molecule has 0 spiro atoms. The van der Waals surface area contributed by atoms with Crippen molar-refractivity contribution in [3.05, 3.63) is 33.9 Å². The fraction of sp³-hybridized carbons (Fsp3) is 0.500. The number of aldehydes is 1. The first kappa shape index (κ1) is 19.4. The number of non-ortho nitro benzene ring substituents is 1. The van der Waals surface area contributed by atoms with Crippen molar-refractivity contribution in [1.82, 2.24) is 4.90 Å². The molecule has 1 saturated carbocycles. The van der Waals surface area contributed by atoms with Crippen LogP contribution in [0.15, 0.2) is 18.2 Å². The van der Waals surface area contributed by atoms with Crippen molar-refractivity contribution < 1.29 is 19.2 Å². The normalized spacial score (nSPS) is 16.8. The van der Waals surface area contributed by atoms with Crippen molar-refractivity contribution in [3.63, 3.8) is 0 Å². The topological polar surface area (TPSA) is 114 Å². The molecule has 26 heavy (non-hydrogen) atoms. The van der Waals surface area contributed by atoms with E-state index in [0.29, 0.717) is 19.1 Å². The molecule has 1 aromatic rings. The van der Waals surface area contributed by atoms with Gasteiger partial charge >= 0.3 is 0 Å². The lowest BCUT2D eigenvalue weighted by Gasteiger charge is -2.40. The molecule has 8 heteroatoms. The molecule has 1 atom stereocenters. The molecule has 0 aliphatic heterocycles. The molecule has 1 aliphatic rings. The summed E-state index contributed by atoms with van der Waals surface area (Å²) in [6.07, 6.45) is 3.57. The zero-order valence-electron chi connectivity index (χ0n) is 14.8. The summed E-state index contributed by atoms with van der Waals surface area (Å²) in [7, 11) is 1.59. The number of carbonyl (C=O) groups is 2. The fourth-order valence-electron chi connectivity index (χ4n) is 3.23. The summed E-state index contributed by atoms with van der Waals surface area (Å²) in [6.45, 7) is 1.53. The maximum absolute atomic E-state index is 12.7. The zero-order chi connectivity index (χ0) is 19.3. The predicted octanol–water partition coefficient (Wildman–Crippen LogP) is 2.86. The third kappa shape index (κ3) is 3.82. The van der Waals surface area contributed by atoms with E-state index < -0.39 is 16.6 Å². The third-order valence-corrected chi connectivity index (χ3v) is 4.84. The quantitative estimate of drug-likeness (QED) is 0.438. The van der Waals surface area contributed by atoms with Gasteiger partial charge in [0.25, 0.3) is 11.6 Å². The largest absolute Gasteiger partial charge is 0.480 e. The molecule has 0 heterocycles. The highest BCUT2D eigenvalue weighted by molar-refractivity contribution is 5.84. The Bertz CT molecular complexity index is 750. The standard InChI is InChI=1S/C18H21N3O5/c1-13(17(23)20(2)18(12-19)8-4-3-5-9-18)26-16-7-6-15(21(24)25)10-14(16)11-22/h6-7,10-11,13H,3-5,8-9H2,1-2H3/t13-/m1/s1. The first-order chi connectivity index (χ1) is 12.3. The molecule has 1 aromatic carbocycles. The second kappa shape index (κ2) is 7.95. The zero-order valence-corrected chi connectivity index (χ0v) is 14.8. The van der Waals surface area contributed by atoms with E-state index in [-0.39, 0.29) is 22.9 Å². The minimum absolute atomic E-state index is 0.00540. The number of nitrogens with zero attached hydrogens (tertiary/aromatic N) is 3. The van der Waals surface area contributed by atoms with E-state index in [1.807, 2.05) is 0 Å². The van der Waals surface area contributed by atoms with Crippen LogP contribution in [0.5, 0.6) is 5.75 Å². The number of nitro benzene ring substituents is 1. The van der Waals surface area contributed by atoms with Gasteiger partial charge < -0.3 is 9.64 Å². The van der Waals surface area contributed by atoms with Crippen LogP contribution in [0.3, 0.4) is 0 Å². The molecule has 1 aliphatic carbocycles. The number of nitriles is 1. The molecular weight excluding hydrogens is 338 g/mol. The van der Waals surface area contributed by atoms with Gasteiger partial charge in [0.15, 0.2) is 12.4 Å². The molecule has 8 nitrogen and oxygen atoms in total. The molecule has 1 amide bonds. The molecule has 0 aromatic heterocycles. The second-order valence-corrected chi connectivity index (χ2v) is 6.46. The highest BCUT2D eigenvalue weighted by atomic mass is 16.6. The van der Waals surface area contributed by atoms with Gasteiger partial charge in [-0.2, -0.15) is 5.26 Å². The molecule has 0 bridgehead atoms. The predicted molar refractivity (Wildman–Crippen MR) is 92.8 cm³/mol. The van der Waals surface area contributed by atoms with Crippen molar-refractivity contribution in [2.24, 2.45) is 0 Å². The Labute approximate surface area is 151 Å². The minimum atomic E-state index is -0.938. The monoisotopic (exact) mass is 359 g/mol. The highest BCUT2D eigenvalue weighted by Gasteiger charge is 2.40. The van der Waals surface area contributed by atoms with Gasteiger partial charge in [-0.15, -0.1) is 0 Å². The van der Waals surface area contributed by atoms with Crippen LogP contribution in [0.4, 0.5) is 5.69 Å². The Hall–Kier alpha value is -2.95. The van der Waals surface area contributed by atoms with Gasteiger partial charge in [-0.25, -0.2) is 0 Å². The van der Waals surface area contributed by atoms with Crippen LogP contribution in [0, 0.1) is 21.4 Å². The summed E-state index contributed by atoms with van der Waals surface area (Å²) in [6, 6.07) is 5.88. The number of amides is 1. The van der Waals surface area contributed by atoms with E-state index in [0.717, 1.165) is 25.3 Å². The van der Waals surface area contributed by atoms with Crippen molar-refractivity contribution in [2.45, 2.75) is 50.7 Å². The maximum atomic E-state index is 12.7. The van der Waals surface area contributed by atoms with Gasteiger partial charge in [-0.3, -0.25) is 19.7 Å². The van der Waals surface area contributed by atoms with Gasteiger partial charge in [-0.1, -0.05) is 19.3 Å². The van der Waals surface area contributed by atoms with Crippen LogP contribution in [-0.2, 0) is 4.79 Å². The number of likely N-dealkylation sites (N-methyl/N-ethyl adjacent to an activating group) is 1. The SMILES string of the molecule is C[C@@H](Oc1ccc([N+](=O)[O-])cc1C=O)C(=O)N(C)C1(C#N)CCCCC1. The molecule has 0 saturated heterocycles. The Morgan fingerprint density at radius 1 is 1.42 bits per heavy atom. The van der Waals surface area contributed by atoms with Gasteiger partial charge in [0.05, 0.1) is 16.6 Å². The Morgan fingerprint density at radius 2 is 2.08 bits per heavy atom. The van der Waals surface area contributed by atoms with Crippen molar-refractivity contribution in [3.8, 4) is 11.8 Å². The van der Waals surface area contributed by atoms with Gasteiger partial charge in [0, 0.05) is 19.2 Å². The number of hydrogen-bond donors (Lipinski definition) is 0. The van der Waals surface area contributed by atoms with E-state index in [1.165, 1.54) is 24.0 Å². The molecule has 0 radical (unpaired) electrons. The van der Waals surface area contributed by atoms with E-state index in [1.54, 1.807) is 7.05 Å². The van der Waals surface area contributed by atoms with Crippen LogP contribution in [0.1, 0.15) is 49.4 Å². The van der Waals surface area contributed by atoms with Crippen LogP contribution in [-0.4, -0.2) is 40.7 Å². The van der Waals surface area contributed by atoms with Crippen molar-refractivity contribution in [2.75, 3.05) is 7.05 Å². The Kier molecular flexibility index (Phi) is 5.93. The number of benzene rings is 1. The summed E-state index contributed by atoms with van der Waals surface area (Å²) in [5.41, 5.74) is -1.08. The van der Waals surface area contributed by atoms with E-state index >= 15 is 0 Å². The number of ether oxygens (including phenoxy) is 1. The number of rotatable bonds is 6. The number of hydrogen-bond acceptors (Lipinski definition) is 6. The molecule has 138 valence electrons. The number of carbonyl (C=O) groups excluding carboxylic acids is 2. The molecule has 0 N–H and O–H groups in total. The molecular formula is C18H21N3O5. The average Bonchev–Trinajstić information content (AvgIpc) is 2.67. The van der Waals surface area contributed by atoms with Crippen molar-refractivity contribution >= 4 is 17.9 Å². The smallest absolute Gasteiger partial charge is 0.270 e. The highest BCUT2D eigenvalue weighted by Crippen LogP contribution is 2.33. The maximum Gasteiger partial charge on any atom is 0.270 e. The average molecular weight is 359 g/mol. The van der Waals surface area contributed by atoms with E-state index in [2.05, 4.69) is 6.07 Å². The van der Waals surface area contributed by atoms with Gasteiger partial charge in [0.1, 0.15) is 11.3 Å². The van der Waals surface area contributed by atoms with Crippen LogP contribution < -0.4 is 4.74 Å². The van der Waals surface area contributed by atoms with Crippen LogP contribution in [0.2, 0.25) is 0 Å². The summed E-state index contributed by atoms with van der Waals surface area (Å²) in [5.74, 6) is -0.279. The lowest BCUT2D eigenvalue weighted by atomic mass is 9.81. The molecule has 1 fully saturated rings. The van der Waals surface area contributed by atoms with E-state index in [4.69, 9.17) is 4.74 Å². The Morgan fingerprint density at radius 3 is 2.62 bits per heavy atom. The molecule has 2 rings (SSSR count). The lowest BCUT2D eigenvalue weighted by Crippen LogP contribution is -2.53. The minimum Gasteiger partial charge on any atom is -0.480 e. The summed E-state index contributed by atoms with van der Waals surface area (Å²) in [5, 5.41) is 20.4. The summed E-state index contributed by atoms with van der Waals surface area (Å²) < 4.78 is 5.58. The molecule has 0 unspecified atom stereocenters.